The van der Waals surface area contributed by atoms with Gasteiger partial charge in [-0.05, 0) is 37.3 Å². The highest BCUT2D eigenvalue weighted by molar-refractivity contribution is 5.71. The molecule has 1 fully saturated rings. The Morgan fingerprint density at radius 1 is 1.09 bits per heavy atom. The highest BCUT2D eigenvalue weighted by atomic mass is 16.6. The van der Waals surface area contributed by atoms with Crippen LogP contribution >= 0.6 is 0 Å². The van der Waals surface area contributed by atoms with Gasteiger partial charge in [0.05, 0.1) is 0 Å². The lowest BCUT2D eigenvalue weighted by Gasteiger charge is -2.22. The van der Waals surface area contributed by atoms with Gasteiger partial charge >= 0.3 is 6.09 Å². The lowest BCUT2D eigenvalue weighted by atomic mass is 9.96. The Kier molecular flexibility index (Phi) is 7.99. The van der Waals surface area contributed by atoms with Crippen LogP contribution in [0.3, 0.4) is 0 Å². The number of carbonyl (C=O) groups is 1. The number of benzene rings is 1. The molecule has 0 atom stereocenters. The summed E-state index contributed by atoms with van der Waals surface area (Å²) in [6, 6.07) is 8.22. The van der Waals surface area contributed by atoms with Gasteiger partial charge in [-0.1, -0.05) is 70.1 Å². The van der Waals surface area contributed by atoms with E-state index in [-0.39, 0.29) is 12.1 Å². The molecular weight excluding hydrogens is 286 g/mol. The fraction of sp³-hybridized carbons (Fsp3) is 0.650. The number of ether oxygens (including phenoxy) is 1. The van der Waals surface area contributed by atoms with Gasteiger partial charge < -0.3 is 10.1 Å². The van der Waals surface area contributed by atoms with Gasteiger partial charge in [0.1, 0.15) is 5.75 Å². The Morgan fingerprint density at radius 2 is 1.83 bits per heavy atom. The molecule has 0 bridgehead atoms. The summed E-state index contributed by atoms with van der Waals surface area (Å²) in [5.74, 6) is 0.719. The molecule has 1 aromatic rings. The second-order valence-electron chi connectivity index (χ2n) is 6.64. The summed E-state index contributed by atoms with van der Waals surface area (Å²) in [7, 11) is 0. The van der Waals surface area contributed by atoms with E-state index in [0.29, 0.717) is 0 Å². The summed E-state index contributed by atoms with van der Waals surface area (Å²) in [6.07, 6.45) is 12.8. The quantitative estimate of drug-likeness (QED) is 0.632. The van der Waals surface area contributed by atoms with Crippen molar-refractivity contribution < 1.29 is 9.53 Å². The summed E-state index contributed by atoms with van der Waals surface area (Å²) in [6.45, 7) is 2.23. The zero-order valence-electron chi connectivity index (χ0n) is 14.5. The molecule has 0 aliphatic heterocycles. The smallest absolute Gasteiger partial charge is 0.410 e. The number of carbonyl (C=O) groups excluding carboxylic acids is 1. The number of amides is 1. The predicted octanol–water partition coefficient (Wildman–Crippen LogP) is 5.62. The van der Waals surface area contributed by atoms with Crippen LogP contribution in [0.25, 0.3) is 0 Å². The second-order valence-corrected chi connectivity index (χ2v) is 6.64. The van der Waals surface area contributed by atoms with Gasteiger partial charge in [0, 0.05) is 6.04 Å². The minimum absolute atomic E-state index is 0.289. The maximum atomic E-state index is 12.1. The molecule has 1 aliphatic rings. The summed E-state index contributed by atoms with van der Waals surface area (Å²) >= 11 is 0. The van der Waals surface area contributed by atoms with Crippen LogP contribution < -0.4 is 10.1 Å². The number of aryl methyl sites for hydroxylation is 1. The zero-order chi connectivity index (χ0) is 16.3. The molecule has 128 valence electrons. The summed E-state index contributed by atoms with van der Waals surface area (Å²) in [4.78, 5) is 12.1. The van der Waals surface area contributed by atoms with Crippen molar-refractivity contribution in [1.82, 2.24) is 5.32 Å². The van der Waals surface area contributed by atoms with Crippen molar-refractivity contribution in [3.63, 3.8) is 0 Å². The Bertz CT molecular complexity index is 466. The Hall–Kier alpha value is -1.51. The third-order valence-corrected chi connectivity index (χ3v) is 4.65. The van der Waals surface area contributed by atoms with Crippen molar-refractivity contribution >= 4 is 6.09 Å². The van der Waals surface area contributed by atoms with E-state index in [9.17, 15) is 4.79 Å². The van der Waals surface area contributed by atoms with E-state index in [0.717, 1.165) is 37.0 Å². The first-order chi connectivity index (χ1) is 11.3. The van der Waals surface area contributed by atoms with Crippen molar-refractivity contribution in [2.45, 2.75) is 83.6 Å². The monoisotopic (exact) mass is 317 g/mol. The molecule has 1 aliphatic carbocycles. The van der Waals surface area contributed by atoms with E-state index in [1.54, 1.807) is 0 Å². The maximum Gasteiger partial charge on any atom is 0.412 e. The largest absolute Gasteiger partial charge is 0.412 e. The lowest BCUT2D eigenvalue weighted by Crippen LogP contribution is -2.38. The molecule has 1 saturated carbocycles. The maximum absolute atomic E-state index is 12.1. The first kappa shape index (κ1) is 17.8. The SMILES string of the molecule is CCCCCCCc1ccccc1OC(=O)NC1CCCCC1. The Morgan fingerprint density at radius 3 is 2.61 bits per heavy atom. The first-order valence-corrected chi connectivity index (χ1v) is 9.36. The second kappa shape index (κ2) is 10.3. The van der Waals surface area contributed by atoms with E-state index < -0.39 is 0 Å². The van der Waals surface area contributed by atoms with E-state index in [2.05, 4.69) is 18.3 Å². The van der Waals surface area contributed by atoms with Crippen molar-refractivity contribution in [3.05, 3.63) is 29.8 Å². The molecule has 1 aromatic carbocycles. The van der Waals surface area contributed by atoms with Crippen LogP contribution in [-0.4, -0.2) is 12.1 Å². The van der Waals surface area contributed by atoms with Crippen LogP contribution in [0.5, 0.6) is 5.75 Å². The van der Waals surface area contributed by atoms with Crippen molar-refractivity contribution in [3.8, 4) is 5.75 Å². The van der Waals surface area contributed by atoms with E-state index >= 15 is 0 Å². The van der Waals surface area contributed by atoms with Crippen molar-refractivity contribution in [2.24, 2.45) is 0 Å². The topological polar surface area (TPSA) is 38.3 Å². The number of hydrogen-bond donors (Lipinski definition) is 1. The minimum atomic E-state index is -0.296. The van der Waals surface area contributed by atoms with Crippen LogP contribution in [0, 0.1) is 0 Å². The van der Waals surface area contributed by atoms with E-state index in [1.807, 2.05) is 18.2 Å². The van der Waals surface area contributed by atoms with Crippen LogP contribution in [0.1, 0.15) is 76.7 Å². The Labute approximate surface area is 140 Å². The molecule has 2 rings (SSSR count). The van der Waals surface area contributed by atoms with Crippen molar-refractivity contribution in [2.75, 3.05) is 0 Å². The third kappa shape index (κ3) is 6.64. The lowest BCUT2D eigenvalue weighted by molar-refractivity contribution is 0.191. The van der Waals surface area contributed by atoms with Gasteiger partial charge in [0.25, 0.3) is 0 Å². The molecule has 1 N–H and O–H groups in total. The summed E-state index contributed by atoms with van der Waals surface area (Å²) < 4.78 is 5.58. The molecule has 0 spiro atoms. The highest BCUT2D eigenvalue weighted by Crippen LogP contribution is 2.22. The van der Waals surface area contributed by atoms with Gasteiger partial charge in [-0.25, -0.2) is 4.79 Å². The number of nitrogens with one attached hydrogen (secondary N) is 1. The molecule has 0 heterocycles. The molecule has 3 nitrogen and oxygen atoms in total. The van der Waals surface area contributed by atoms with Crippen LogP contribution in [-0.2, 0) is 6.42 Å². The Balaban J connectivity index is 1.80. The molecule has 0 radical (unpaired) electrons. The molecular formula is C20H31NO2. The van der Waals surface area contributed by atoms with E-state index in [1.165, 1.54) is 44.9 Å². The van der Waals surface area contributed by atoms with Crippen LogP contribution in [0.4, 0.5) is 4.79 Å². The van der Waals surface area contributed by atoms with Gasteiger partial charge in [0.2, 0.25) is 0 Å². The number of hydrogen-bond acceptors (Lipinski definition) is 2. The first-order valence-electron chi connectivity index (χ1n) is 9.36. The molecule has 0 unspecified atom stereocenters. The minimum Gasteiger partial charge on any atom is -0.410 e. The van der Waals surface area contributed by atoms with Crippen LogP contribution in [0.2, 0.25) is 0 Å². The molecule has 3 heteroatoms. The van der Waals surface area contributed by atoms with Crippen LogP contribution in [0.15, 0.2) is 24.3 Å². The normalized spacial score (nSPS) is 15.3. The molecule has 1 amide bonds. The number of rotatable bonds is 8. The van der Waals surface area contributed by atoms with Gasteiger partial charge in [-0.3, -0.25) is 0 Å². The third-order valence-electron chi connectivity index (χ3n) is 4.65. The fourth-order valence-corrected chi connectivity index (χ4v) is 3.27. The van der Waals surface area contributed by atoms with E-state index in [4.69, 9.17) is 4.74 Å². The molecule has 0 saturated heterocycles. The molecule has 23 heavy (non-hydrogen) atoms. The summed E-state index contributed by atoms with van der Waals surface area (Å²) in [5.41, 5.74) is 1.14. The average Bonchev–Trinajstić information content (AvgIpc) is 2.57. The fourth-order valence-electron chi connectivity index (χ4n) is 3.27. The molecule has 0 aromatic heterocycles. The van der Waals surface area contributed by atoms with Gasteiger partial charge in [-0.2, -0.15) is 0 Å². The number of para-hydroxylation sites is 1. The van der Waals surface area contributed by atoms with Gasteiger partial charge in [-0.15, -0.1) is 0 Å². The predicted molar refractivity (Wildman–Crippen MR) is 94.9 cm³/mol. The van der Waals surface area contributed by atoms with Gasteiger partial charge in [0.15, 0.2) is 0 Å². The number of unbranched alkanes of at least 4 members (excludes halogenated alkanes) is 4. The summed E-state index contributed by atoms with van der Waals surface area (Å²) in [5, 5.41) is 3.02. The van der Waals surface area contributed by atoms with Crippen molar-refractivity contribution in [1.29, 1.82) is 0 Å². The zero-order valence-corrected chi connectivity index (χ0v) is 14.5. The standard InChI is InChI=1S/C20H31NO2/c1-2-3-4-5-7-12-17-13-10-11-16-19(17)23-20(22)21-18-14-8-6-9-15-18/h10-11,13,16,18H,2-9,12,14-15H2,1H3,(H,21,22). The average molecular weight is 317 g/mol. The highest BCUT2D eigenvalue weighted by Gasteiger charge is 2.17.